The van der Waals surface area contributed by atoms with Crippen molar-refractivity contribution in [3.8, 4) is 5.69 Å². The molecule has 34 heavy (non-hydrogen) atoms. The van der Waals surface area contributed by atoms with Crippen LogP contribution >= 0.6 is 11.6 Å². The van der Waals surface area contributed by atoms with E-state index >= 15 is 0 Å². The van der Waals surface area contributed by atoms with Crippen LogP contribution in [0.25, 0.3) is 16.5 Å². The lowest BCUT2D eigenvalue weighted by Gasteiger charge is -2.13. The van der Waals surface area contributed by atoms with Crippen LogP contribution in [-0.2, 0) is 13.2 Å². The summed E-state index contributed by atoms with van der Waals surface area (Å²) >= 11 is 5.86. The highest BCUT2D eigenvalue weighted by atomic mass is 35.5. The van der Waals surface area contributed by atoms with E-state index in [0.717, 1.165) is 10.9 Å². The van der Waals surface area contributed by atoms with Crippen LogP contribution < -0.4 is 16.4 Å². The van der Waals surface area contributed by atoms with Gasteiger partial charge in [0.25, 0.3) is 17.4 Å². The third-order valence-corrected chi connectivity index (χ3v) is 5.03. The molecule has 0 fully saturated rings. The Labute approximate surface area is 193 Å². The lowest BCUT2D eigenvalue weighted by atomic mass is 10.1. The summed E-state index contributed by atoms with van der Waals surface area (Å²) in [5.74, 6) is -2.20. The van der Waals surface area contributed by atoms with Crippen LogP contribution in [0.4, 0.5) is 13.2 Å². The third-order valence-electron chi connectivity index (χ3n) is 4.80. The topological polar surface area (TPSA) is 111 Å². The predicted octanol–water partition coefficient (Wildman–Crippen LogP) is 2.87. The number of alkyl halides is 3. The maximum absolute atomic E-state index is 13.8. The van der Waals surface area contributed by atoms with Gasteiger partial charge in [0.2, 0.25) is 0 Å². The fraction of sp³-hybridized carbons (Fsp3) is 0.0952. The first-order chi connectivity index (χ1) is 16.1. The van der Waals surface area contributed by atoms with Crippen LogP contribution in [0.5, 0.6) is 0 Å². The van der Waals surface area contributed by atoms with Gasteiger partial charge in [-0.15, -0.1) is 0 Å². The minimum Gasteiger partial charge on any atom is -0.267 e. The summed E-state index contributed by atoms with van der Waals surface area (Å²) in [7, 11) is 1.34. The molecule has 0 bridgehead atoms. The number of hydrogen-bond acceptors (Lipinski definition) is 5. The summed E-state index contributed by atoms with van der Waals surface area (Å²) in [4.78, 5) is 37.4. The molecule has 174 valence electrons. The van der Waals surface area contributed by atoms with Gasteiger partial charge in [0, 0.05) is 17.5 Å². The first-order valence-electron chi connectivity index (χ1n) is 9.56. The van der Waals surface area contributed by atoms with Crippen molar-refractivity contribution in [2.75, 3.05) is 0 Å². The summed E-state index contributed by atoms with van der Waals surface area (Å²) in [6.07, 6.45) is -4.23. The zero-order valence-electron chi connectivity index (χ0n) is 17.2. The molecule has 2 heterocycles. The Hall–Kier alpha value is -4.19. The Bertz CT molecular complexity index is 1500. The number of nitrogens with one attached hydrogen (secondary N) is 2. The molecular formula is C21H14ClF3N6O3. The molecule has 0 saturated heterocycles. The Morgan fingerprint density at radius 3 is 2.35 bits per heavy atom. The number of amides is 2. The number of carbonyl (C=O) groups is 2. The van der Waals surface area contributed by atoms with Gasteiger partial charge in [0.15, 0.2) is 11.4 Å². The smallest absolute Gasteiger partial charge is 0.267 e. The van der Waals surface area contributed by atoms with Crippen molar-refractivity contribution >= 4 is 34.2 Å². The van der Waals surface area contributed by atoms with E-state index < -0.39 is 34.8 Å². The molecule has 13 heteroatoms. The monoisotopic (exact) mass is 490 g/mol. The van der Waals surface area contributed by atoms with Crippen molar-refractivity contribution in [3.63, 3.8) is 0 Å². The van der Waals surface area contributed by atoms with Crippen molar-refractivity contribution in [2.24, 2.45) is 7.05 Å². The lowest BCUT2D eigenvalue weighted by Crippen LogP contribution is -2.43. The zero-order valence-corrected chi connectivity index (χ0v) is 18.0. The van der Waals surface area contributed by atoms with Gasteiger partial charge in [0.05, 0.1) is 22.8 Å². The molecule has 0 radical (unpaired) electrons. The number of nitrogens with zero attached hydrogens (tertiary/aromatic N) is 4. The number of halogens is 4. The molecule has 0 aliphatic carbocycles. The number of aryl methyl sites for hydroxylation is 1. The molecule has 2 N–H and O–H groups in total. The molecule has 2 aromatic carbocycles. The molecule has 4 rings (SSSR count). The van der Waals surface area contributed by atoms with E-state index in [2.05, 4.69) is 10.2 Å². The highest BCUT2D eigenvalue weighted by molar-refractivity contribution is 6.30. The van der Waals surface area contributed by atoms with Crippen LogP contribution in [0.15, 0.2) is 59.5 Å². The van der Waals surface area contributed by atoms with Gasteiger partial charge in [-0.1, -0.05) is 35.9 Å². The first kappa shape index (κ1) is 23.0. The molecule has 2 amide bonds. The molecule has 0 saturated carbocycles. The van der Waals surface area contributed by atoms with Crippen LogP contribution in [0.3, 0.4) is 0 Å². The minimum atomic E-state index is -4.95. The quantitative estimate of drug-likeness (QED) is 0.429. The van der Waals surface area contributed by atoms with E-state index in [4.69, 9.17) is 11.6 Å². The first-order valence-corrected chi connectivity index (χ1v) is 9.93. The molecule has 0 atom stereocenters. The fourth-order valence-corrected chi connectivity index (χ4v) is 3.48. The minimum absolute atomic E-state index is 0.0104. The molecular weight excluding hydrogens is 477 g/mol. The van der Waals surface area contributed by atoms with Crippen LogP contribution in [-0.4, -0.2) is 31.4 Å². The van der Waals surface area contributed by atoms with Gasteiger partial charge in [-0.2, -0.15) is 23.4 Å². The molecule has 0 spiro atoms. The highest BCUT2D eigenvalue weighted by Crippen LogP contribution is 2.34. The van der Waals surface area contributed by atoms with E-state index in [1.54, 1.807) is 12.1 Å². The second kappa shape index (κ2) is 8.63. The van der Waals surface area contributed by atoms with Crippen LogP contribution in [0.2, 0.25) is 5.02 Å². The number of fused-ring (bicyclic) bond motifs is 1. The van der Waals surface area contributed by atoms with Gasteiger partial charge in [-0.25, -0.2) is 9.36 Å². The number of benzene rings is 2. The fourth-order valence-electron chi connectivity index (χ4n) is 3.30. The summed E-state index contributed by atoms with van der Waals surface area (Å²) < 4.78 is 42.9. The zero-order chi connectivity index (χ0) is 24.6. The number of carbonyl (C=O) groups excluding carboxylic acids is 2. The Kier molecular flexibility index (Phi) is 5.83. The van der Waals surface area contributed by atoms with Crippen molar-refractivity contribution in [3.05, 3.63) is 87.1 Å². The Balaban J connectivity index is 1.63. The number of hydrazine groups is 1. The molecule has 4 aromatic rings. The number of rotatable bonds is 3. The van der Waals surface area contributed by atoms with E-state index in [0.29, 0.717) is 4.68 Å². The van der Waals surface area contributed by atoms with Crippen molar-refractivity contribution in [1.29, 1.82) is 0 Å². The summed E-state index contributed by atoms with van der Waals surface area (Å²) in [6.45, 7) is 0. The molecule has 0 unspecified atom stereocenters. The second-order valence-corrected chi connectivity index (χ2v) is 7.46. The van der Waals surface area contributed by atoms with Gasteiger partial charge < -0.3 is 0 Å². The van der Waals surface area contributed by atoms with Crippen LogP contribution in [0, 0.1) is 0 Å². The van der Waals surface area contributed by atoms with Gasteiger partial charge in [-0.3, -0.25) is 25.2 Å². The largest absolute Gasteiger partial charge is 0.434 e. The van der Waals surface area contributed by atoms with Gasteiger partial charge in [-0.05, 0) is 24.3 Å². The Morgan fingerprint density at radius 1 is 1.00 bits per heavy atom. The maximum Gasteiger partial charge on any atom is 0.434 e. The van der Waals surface area contributed by atoms with E-state index in [1.807, 2.05) is 10.9 Å². The number of aromatic nitrogens is 4. The van der Waals surface area contributed by atoms with E-state index in [9.17, 15) is 27.6 Å². The standard InChI is InChI=1S/C21H14ClF3N6O3/c1-30-20(34)14-8-3-2-7-13(14)16(29-30)19(33)28-27-18(32)15-10-26-31(17(15)21(23,24)25)12-6-4-5-11(22)9-12/h2-10H,1H3,(H,27,32)(H,28,33). The normalized spacial score (nSPS) is 11.4. The SMILES string of the molecule is Cn1nc(C(=O)NNC(=O)c2cnn(-c3cccc(Cl)c3)c2C(F)(F)F)c2ccccc2c1=O. The summed E-state index contributed by atoms with van der Waals surface area (Å²) in [5.41, 5.74) is 1.13. The third kappa shape index (κ3) is 4.22. The number of hydrogen-bond donors (Lipinski definition) is 2. The predicted molar refractivity (Wildman–Crippen MR) is 115 cm³/mol. The molecule has 2 aromatic heterocycles. The second-order valence-electron chi connectivity index (χ2n) is 7.03. The van der Waals surface area contributed by atoms with Crippen molar-refractivity contribution in [2.45, 2.75) is 6.18 Å². The Morgan fingerprint density at radius 2 is 1.68 bits per heavy atom. The van der Waals surface area contributed by atoms with Crippen LogP contribution in [0.1, 0.15) is 26.5 Å². The van der Waals surface area contributed by atoms with E-state index in [1.165, 1.54) is 43.4 Å². The molecule has 0 aliphatic heterocycles. The summed E-state index contributed by atoms with van der Waals surface area (Å²) in [6, 6.07) is 11.7. The van der Waals surface area contributed by atoms with Crippen molar-refractivity contribution in [1.82, 2.24) is 30.4 Å². The highest BCUT2D eigenvalue weighted by Gasteiger charge is 2.40. The lowest BCUT2D eigenvalue weighted by molar-refractivity contribution is -0.143. The summed E-state index contributed by atoms with van der Waals surface area (Å²) in [5, 5.41) is 8.16. The average molecular weight is 491 g/mol. The van der Waals surface area contributed by atoms with Crippen molar-refractivity contribution < 1.29 is 22.8 Å². The molecule has 0 aliphatic rings. The maximum atomic E-state index is 13.8. The average Bonchev–Trinajstić information content (AvgIpc) is 3.26. The van der Waals surface area contributed by atoms with E-state index in [-0.39, 0.29) is 27.2 Å². The van der Waals surface area contributed by atoms with Gasteiger partial charge in [0.1, 0.15) is 0 Å². The van der Waals surface area contributed by atoms with Gasteiger partial charge >= 0.3 is 6.18 Å². The molecule has 9 nitrogen and oxygen atoms in total.